The van der Waals surface area contributed by atoms with E-state index in [1.165, 1.54) is 100 Å². The average molecular weight is 1400 g/mol. The molecule has 0 unspecified atom stereocenters. The molecule has 2 aliphatic carbocycles. The number of benzene rings is 8. The number of ether oxygens (including phenoxy) is 4. The molecule has 0 atom stereocenters. The van der Waals surface area contributed by atoms with Gasteiger partial charge in [-0.1, -0.05) is 154 Å². The Hall–Kier alpha value is -8.76. The summed E-state index contributed by atoms with van der Waals surface area (Å²) < 4.78 is 33.8. The lowest BCUT2D eigenvalue weighted by molar-refractivity contribution is 0.0343. The van der Waals surface area contributed by atoms with Crippen LogP contribution in [-0.2, 0) is 18.8 Å². The molecule has 2 N–H and O–H groups in total. The number of nitrogens with one attached hydrogen (secondary N) is 2. The number of esters is 2. The van der Waals surface area contributed by atoms with Gasteiger partial charge in [-0.3, -0.25) is 0 Å². The van der Waals surface area contributed by atoms with E-state index in [0.717, 1.165) is 110 Å². The summed E-state index contributed by atoms with van der Waals surface area (Å²) in [5, 5.41) is 5.92. The molecule has 0 amide bonds. The van der Waals surface area contributed by atoms with Gasteiger partial charge < -0.3 is 38.2 Å². The van der Waals surface area contributed by atoms with Crippen LogP contribution in [0.3, 0.4) is 0 Å². The van der Waals surface area contributed by atoms with Gasteiger partial charge in [0.1, 0.15) is 11.5 Å². The second-order valence-electron chi connectivity index (χ2n) is 26.1. The molecule has 2 saturated carbocycles. The van der Waals surface area contributed by atoms with Crippen molar-refractivity contribution in [2.45, 2.75) is 89.9 Å². The van der Waals surface area contributed by atoms with E-state index in [1.807, 2.05) is 121 Å². The molecule has 97 heavy (non-hydrogen) atoms. The zero-order valence-electron chi connectivity index (χ0n) is 55.3. The van der Waals surface area contributed by atoms with E-state index in [-0.39, 0.29) is 24.5 Å². The highest BCUT2D eigenvalue weighted by atomic mass is 79.9. The molecule has 15 rings (SSSR count). The van der Waals surface area contributed by atoms with E-state index in [0.29, 0.717) is 46.2 Å². The number of aromatic amines is 2. The fourth-order valence-corrected chi connectivity index (χ4v) is 15.0. The predicted octanol–water partition coefficient (Wildman–Crippen LogP) is 21.0. The average Bonchev–Trinajstić information content (AvgIpc) is 1.67. The molecular formula is C81H76BBrCl2N4O8. The first-order valence-corrected chi connectivity index (χ1v) is 34.8. The molecule has 1 saturated heterocycles. The summed E-state index contributed by atoms with van der Waals surface area (Å²) in [5.41, 5.74) is 19.0. The van der Waals surface area contributed by atoms with Crippen LogP contribution in [0, 0.1) is 5.41 Å². The van der Waals surface area contributed by atoms with Crippen molar-refractivity contribution in [3.05, 3.63) is 219 Å². The summed E-state index contributed by atoms with van der Waals surface area (Å²) in [4.78, 5) is 41.0. The van der Waals surface area contributed by atoms with E-state index in [2.05, 4.69) is 100 Å². The van der Waals surface area contributed by atoms with Crippen molar-refractivity contribution in [2.75, 3.05) is 41.7 Å². The quantitative estimate of drug-likeness (QED) is 0.0895. The van der Waals surface area contributed by atoms with Gasteiger partial charge in [-0.05, 0) is 206 Å². The Labute approximate surface area is 584 Å². The molecular weight excluding hydrogens is 1320 g/mol. The van der Waals surface area contributed by atoms with Gasteiger partial charge in [0.05, 0.1) is 66.6 Å². The van der Waals surface area contributed by atoms with Gasteiger partial charge in [0.15, 0.2) is 0 Å². The van der Waals surface area contributed by atoms with Crippen LogP contribution in [0.15, 0.2) is 187 Å². The lowest BCUT2D eigenvalue weighted by Gasteiger charge is -2.33. The van der Waals surface area contributed by atoms with Gasteiger partial charge in [0.25, 0.3) is 0 Å². The minimum atomic E-state index is -0.336. The molecule has 3 fully saturated rings. The van der Waals surface area contributed by atoms with Crippen LogP contribution in [0.2, 0.25) is 10.0 Å². The zero-order valence-corrected chi connectivity index (χ0v) is 58.4. The molecule has 5 heterocycles. The number of carbonyl (C=O) groups is 2. The van der Waals surface area contributed by atoms with Crippen molar-refractivity contribution in [2.24, 2.45) is 5.41 Å². The Kier molecular flexibility index (Phi) is 20.3. The number of hydrogen-bond acceptors (Lipinski definition) is 10. The van der Waals surface area contributed by atoms with E-state index >= 15 is 0 Å². The molecule has 8 aromatic carbocycles. The maximum Gasteiger partial charge on any atom is 0.493 e. The summed E-state index contributed by atoms with van der Waals surface area (Å²) in [6.07, 6.45) is 12.6. The fourth-order valence-electron chi connectivity index (χ4n) is 14.0. The SMILES string of the molecule is COC(=O)c1ccc2c(C3CCCCC3)c(-c3ccc4nc(-c5cc(OC)ccc5-c5ccc(Cl)cc5)ccc4c3)[nH]c2c1.COC(=O)c1ccc2c(C3CCCCC3)c(Br)[nH]c2c1.COc1ccc(-c2ccc(Cl)cc2)c(-c2ccc3cc(B4OCC(C)(C)CO4)ccc3n2)c1. The van der Waals surface area contributed by atoms with Crippen LogP contribution in [0.1, 0.15) is 122 Å². The van der Waals surface area contributed by atoms with Crippen molar-refractivity contribution < 1.29 is 37.8 Å². The lowest BCUT2D eigenvalue weighted by atomic mass is 9.75. The molecule has 4 aromatic heterocycles. The Morgan fingerprint density at radius 2 is 0.959 bits per heavy atom. The van der Waals surface area contributed by atoms with Crippen molar-refractivity contribution in [1.29, 1.82) is 0 Å². The molecule has 0 spiro atoms. The zero-order chi connectivity index (χ0) is 67.3. The predicted molar refractivity (Wildman–Crippen MR) is 397 cm³/mol. The van der Waals surface area contributed by atoms with Gasteiger partial charge in [0.2, 0.25) is 0 Å². The van der Waals surface area contributed by atoms with Crippen LogP contribution in [-0.4, -0.2) is 80.6 Å². The first-order chi connectivity index (χ1) is 47.1. The van der Waals surface area contributed by atoms with Gasteiger partial charge in [-0.15, -0.1) is 0 Å². The van der Waals surface area contributed by atoms with E-state index in [9.17, 15) is 9.59 Å². The Bertz CT molecular complexity index is 4860. The van der Waals surface area contributed by atoms with Gasteiger partial charge in [-0.25, -0.2) is 19.6 Å². The van der Waals surface area contributed by atoms with Gasteiger partial charge >= 0.3 is 19.1 Å². The van der Waals surface area contributed by atoms with E-state index < -0.39 is 0 Å². The summed E-state index contributed by atoms with van der Waals surface area (Å²) >= 11 is 15.9. The van der Waals surface area contributed by atoms with Crippen LogP contribution >= 0.6 is 39.1 Å². The number of aromatic nitrogens is 4. The summed E-state index contributed by atoms with van der Waals surface area (Å²) in [6.45, 7) is 5.64. The monoisotopic (exact) mass is 1390 g/mol. The molecule has 1 aliphatic heterocycles. The van der Waals surface area contributed by atoms with Crippen molar-refractivity contribution >= 4 is 107 Å². The van der Waals surface area contributed by atoms with Crippen LogP contribution in [0.5, 0.6) is 11.5 Å². The number of carbonyl (C=O) groups excluding carboxylic acids is 2. The standard InChI is InChI=1S/C38H33ClN2O3.C27H25BClNO3.C16H18BrNO2/c1-43-29-15-17-30(23-8-13-28(39)14-9-23)32(22-29)34-19-11-25-20-26(12-18-33(25)40-34)37-36(24-6-4-3-5-7-24)31-16-10-27(38(42)44-2)21-35(31)41-37;1-27(2)16-32-28(33-17-27)20-7-13-25-19(14-20)6-12-26(30-25)24-15-22(31-3)10-11-23(24)18-4-8-21(29)9-5-18;1-20-16(19)11-7-8-12-13(9-11)18-15(17)14(12)10-5-3-2-4-6-10/h8-22,24,41H,3-7H2,1-2H3;4-15H,16-17H2,1-3H3;7-10,18H,2-6H2,1H3. The van der Waals surface area contributed by atoms with E-state index in [4.69, 9.17) is 61.4 Å². The highest BCUT2D eigenvalue weighted by molar-refractivity contribution is 9.10. The van der Waals surface area contributed by atoms with Crippen molar-refractivity contribution in [3.63, 3.8) is 0 Å². The highest BCUT2D eigenvalue weighted by Gasteiger charge is 2.34. The van der Waals surface area contributed by atoms with Crippen molar-refractivity contribution in [3.8, 4) is 67.5 Å². The third-order valence-corrected chi connectivity index (χ3v) is 20.2. The number of fused-ring (bicyclic) bond motifs is 4. The van der Waals surface area contributed by atoms with Crippen LogP contribution in [0.4, 0.5) is 0 Å². The summed E-state index contributed by atoms with van der Waals surface area (Å²) in [6, 6.07) is 60.5. The van der Waals surface area contributed by atoms with E-state index in [1.54, 1.807) is 14.2 Å². The second-order valence-corrected chi connectivity index (χ2v) is 27.8. The second kappa shape index (κ2) is 29.5. The molecule has 12 aromatic rings. The summed E-state index contributed by atoms with van der Waals surface area (Å²) in [7, 11) is 5.84. The largest absolute Gasteiger partial charge is 0.497 e. The van der Waals surface area contributed by atoms with Crippen molar-refractivity contribution in [1.82, 2.24) is 19.9 Å². The first-order valence-electron chi connectivity index (χ1n) is 33.2. The maximum atomic E-state index is 12.3. The number of nitrogens with zero attached hydrogens (tertiary/aromatic N) is 2. The molecule has 12 nitrogen and oxygen atoms in total. The number of H-pyrrole nitrogens is 2. The Morgan fingerprint density at radius 1 is 0.495 bits per heavy atom. The minimum absolute atomic E-state index is 0.0440. The summed E-state index contributed by atoms with van der Waals surface area (Å²) in [5.74, 6) is 2.04. The third-order valence-electron chi connectivity index (χ3n) is 19.0. The van der Waals surface area contributed by atoms with Crippen LogP contribution in [0.25, 0.3) is 99.6 Å². The number of halogens is 3. The molecule has 492 valence electrons. The maximum absolute atomic E-state index is 12.3. The number of rotatable bonds is 12. The van der Waals surface area contributed by atoms with Crippen LogP contribution < -0.4 is 14.9 Å². The normalized spacial score (nSPS) is 15.0. The third kappa shape index (κ3) is 14.8. The fraction of sp³-hybridized carbons (Fsp3) is 0.259. The Balaban J connectivity index is 0.000000141. The molecule has 3 aliphatic rings. The van der Waals surface area contributed by atoms with Gasteiger partial charge in [0, 0.05) is 72.7 Å². The van der Waals surface area contributed by atoms with Gasteiger partial charge in [-0.2, -0.15) is 0 Å². The topological polar surface area (TPSA) is 147 Å². The molecule has 0 bridgehead atoms. The smallest absolute Gasteiger partial charge is 0.493 e. The lowest BCUT2D eigenvalue weighted by Crippen LogP contribution is -2.47. The number of pyridine rings is 2. The Morgan fingerprint density at radius 3 is 1.46 bits per heavy atom. The number of methoxy groups -OCH3 is 4. The first kappa shape index (κ1) is 66.8. The highest BCUT2D eigenvalue weighted by Crippen LogP contribution is 2.45. The molecule has 16 heteroatoms. The molecule has 0 radical (unpaired) electrons. The minimum Gasteiger partial charge on any atom is -0.497 e. The number of hydrogen-bond donors (Lipinski definition) is 2.